The van der Waals surface area contributed by atoms with Crippen LogP contribution in [0.25, 0.3) is 11.2 Å². The van der Waals surface area contributed by atoms with Gasteiger partial charge in [0.15, 0.2) is 11.5 Å². The van der Waals surface area contributed by atoms with E-state index in [9.17, 15) is 4.79 Å². The highest BCUT2D eigenvalue weighted by Crippen LogP contribution is 2.27. The standard InChI is InChI=1S/C21H27NO.C5H5N5/c1-6-18(5)22(19-13-8-7-10-15(2)14-19)21(23)20-16(3)11-9-12-17(20)4;6-4-3-5(9-1-7-3)10-2-8-4/h8-9,11-15H,5-7,10H2,1-4H3;1-2H,(H3,6,7,8,9,10)/t15-;/m1./s1. The predicted molar refractivity (Wildman–Crippen MR) is 133 cm³/mol. The molecule has 3 N–H and O–H groups in total. The van der Waals surface area contributed by atoms with Crippen LogP contribution in [0.4, 0.5) is 5.82 Å². The minimum atomic E-state index is 0.0254. The Balaban J connectivity index is 0.000000252. The second-order valence-corrected chi connectivity index (χ2v) is 8.24. The third kappa shape index (κ3) is 5.55. The number of nitrogen functional groups attached to an aromatic ring is 1. The van der Waals surface area contributed by atoms with E-state index in [1.807, 2.05) is 39.0 Å². The van der Waals surface area contributed by atoms with E-state index in [4.69, 9.17) is 5.73 Å². The van der Waals surface area contributed by atoms with Crippen LogP contribution in [0, 0.1) is 19.8 Å². The largest absolute Gasteiger partial charge is 0.382 e. The molecule has 0 bridgehead atoms. The summed E-state index contributed by atoms with van der Waals surface area (Å²) < 4.78 is 0. The number of amides is 1. The van der Waals surface area contributed by atoms with Gasteiger partial charge in [0, 0.05) is 17.0 Å². The molecule has 7 heteroatoms. The lowest BCUT2D eigenvalue weighted by Gasteiger charge is -2.27. The molecule has 1 atom stereocenters. The zero-order valence-electron chi connectivity index (χ0n) is 19.8. The Morgan fingerprint density at radius 1 is 1.24 bits per heavy atom. The Labute approximate surface area is 195 Å². The van der Waals surface area contributed by atoms with Crippen molar-refractivity contribution in [2.45, 2.75) is 47.0 Å². The van der Waals surface area contributed by atoms with Gasteiger partial charge >= 0.3 is 0 Å². The van der Waals surface area contributed by atoms with E-state index >= 15 is 0 Å². The number of hydrogen-bond donors (Lipinski definition) is 2. The van der Waals surface area contributed by atoms with Crippen molar-refractivity contribution in [3.05, 3.63) is 83.7 Å². The molecule has 0 spiro atoms. The number of rotatable bonds is 4. The molecule has 0 aliphatic heterocycles. The van der Waals surface area contributed by atoms with E-state index in [0.717, 1.165) is 47.3 Å². The number of anilines is 1. The average Bonchev–Trinajstić information content (AvgIpc) is 3.17. The van der Waals surface area contributed by atoms with E-state index in [-0.39, 0.29) is 5.91 Å². The van der Waals surface area contributed by atoms with Crippen LogP contribution in [0.2, 0.25) is 0 Å². The number of nitrogens with zero attached hydrogens (tertiary/aromatic N) is 4. The number of aryl methyl sites for hydroxylation is 2. The van der Waals surface area contributed by atoms with Gasteiger partial charge in [0.2, 0.25) is 0 Å². The molecule has 33 heavy (non-hydrogen) atoms. The second-order valence-electron chi connectivity index (χ2n) is 8.24. The van der Waals surface area contributed by atoms with Gasteiger partial charge in [-0.05, 0) is 56.2 Å². The molecule has 0 saturated heterocycles. The normalized spacial score (nSPS) is 15.3. The van der Waals surface area contributed by atoms with E-state index < -0.39 is 0 Å². The lowest BCUT2D eigenvalue weighted by molar-refractivity contribution is 0.0844. The first kappa shape index (κ1) is 23.9. The first-order valence-electron chi connectivity index (χ1n) is 11.2. The fraction of sp³-hybridized carbons (Fsp3) is 0.308. The highest BCUT2D eigenvalue weighted by atomic mass is 16.2. The summed E-state index contributed by atoms with van der Waals surface area (Å²) >= 11 is 0. The van der Waals surface area contributed by atoms with Crippen molar-refractivity contribution in [2.24, 2.45) is 5.92 Å². The summed E-state index contributed by atoms with van der Waals surface area (Å²) in [6.45, 7) is 12.4. The van der Waals surface area contributed by atoms with Crippen molar-refractivity contribution in [3.63, 3.8) is 0 Å². The first-order valence-corrected chi connectivity index (χ1v) is 11.2. The van der Waals surface area contributed by atoms with Crippen molar-refractivity contribution in [1.29, 1.82) is 0 Å². The molecule has 4 rings (SSSR count). The summed E-state index contributed by atoms with van der Waals surface area (Å²) in [5.74, 6) is 0.915. The van der Waals surface area contributed by atoms with Gasteiger partial charge in [0.05, 0.1) is 6.33 Å². The number of nitrogens with one attached hydrogen (secondary N) is 1. The van der Waals surface area contributed by atoms with Gasteiger partial charge in [0.25, 0.3) is 5.91 Å². The number of hydrogen-bond acceptors (Lipinski definition) is 5. The molecule has 1 aliphatic rings. The third-order valence-electron chi connectivity index (χ3n) is 5.67. The monoisotopic (exact) mass is 444 g/mol. The molecular formula is C26H32N6O. The van der Waals surface area contributed by atoms with Gasteiger partial charge in [0.1, 0.15) is 11.8 Å². The fourth-order valence-electron chi connectivity index (χ4n) is 3.79. The van der Waals surface area contributed by atoms with Crippen LogP contribution >= 0.6 is 0 Å². The molecule has 172 valence electrons. The van der Waals surface area contributed by atoms with Crippen LogP contribution in [0.3, 0.4) is 0 Å². The van der Waals surface area contributed by atoms with Crippen LogP contribution in [-0.4, -0.2) is 30.7 Å². The molecule has 1 aliphatic carbocycles. The predicted octanol–water partition coefficient (Wildman–Crippen LogP) is 5.47. The number of imidazole rings is 1. The van der Waals surface area contributed by atoms with Crippen LogP contribution in [0.1, 0.15) is 54.6 Å². The number of nitrogens with two attached hydrogens (primary N) is 1. The molecule has 0 unspecified atom stereocenters. The zero-order chi connectivity index (χ0) is 24.0. The molecule has 0 saturated carbocycles. The van der Waals surface area contributed by atoms with Gasteiger partial charge in [-0.2, -0.15) is 0 Å². The summed E-state index contributed by atoms with van der Waals surface area (Å²) in [6, 6.07) is 5.98. The molecule has 3 aromatic rings. The second kappa shape index (κ2) is 10.7. The Bertz CT molecular complexity index is 1190. The molecule has 2 aromatic heterocycles. The number of carbonyl (C=O) groups is 1. The van der Waals surface area contributed by atoms with Crippen LogP contribution in [0.15, 0.2) is 67.1 Å². The van der Waals surface area contributed by atoms with E-state index in [1.165, 1.54) is 12.7 Å². The molecule has 1 aromatic carbocycles. The summed E-state index contributed by atoms with van der Waals surface area (Å²) in [4.78, 5) is 29.5. The van der Waals surface area contributed by atoms with Crippen LogP contribution < -0.4 is 5.73 Å². The number of aromatic amines is 1. The van der Waals surface area contributed by atoms with E-state index in [1.54, 1.807) is 4.90 Å². The molecule has 0 radical (unpaired) electrons. The SMILES string of the molecule is C=C(CC)N(C(=O)c1c(C)cccc1C)C1=C[C@H](C)CCC=C1.Nc1ncnc2nc[nH]c12. The Morgan fingerprint density at radius 3 is 2.64 bits per heavy atom. The Hall–Kier alpha value is -3.74. The summed E-state index contributed by atoms with van der Waals surface area (Å²) in [5.41, 5.74) is 11.4. The van der Waals surface area contributed by atoms with Gasteiger partial charge in [-0.25, -0.2) is 15.0 Å². The third-order valence-corrected chi connectivity index (χ3v) is 5.67. The molecule has 2 heterocycles. The fourth-order valence-corrected chi connectivity index (χ4v) is 3.79. The summed E-state index contributed by atoms with van der Waals surface area (Å²) in [6.07, 6.45) is 12.2. The average molecular weight is 445 g/mol. The van der Waals surface area contributed by atoms with Crippen LogP contribution in [-0.2, 0) is 0 Å². The van der Waals surface area contributed by atoms with Gasteiger partial charge in [-0.1, -0.05) is 50.8 Å². The topological polar surface area (TPSA) is 101 Å². The highest BCUT2D eigenvalue weighted by molar-refractivity contribution is 5.99. The van der Waals surface area contributed by atoms with Crippen molar-refractivity contribution in [3.8, 4) is 0 Å². The van der Waals surface area contributed by atoms with Gasteiger partial charge in [-0.15, -0.1) is 0 Å². The van der Waals surface area contributed by atoms with Crippen molar-refractivity contribution >= 4 is 22.9 Å². The Kier molecular flexibility index (Phi) is 7.77. The van der Waals surface area contributed by atoms with E-state index in [2.05, 4.69) is 51.7 Å². The molecule has 0 fully saturated rings. The molecule has 7 nitrogen and oxygen atoms in total. The summed E-state index contributed by atoms with van der Waals surface area (Å²) in [7, 11) is 0. The number of H-pyrrole nitrogens is 1. The number of aromatic nitrogens is 4. The minimum absolute atomic E-state index is 0.0254. The lowest BCUT2D eigenvalue weighted by atomic mass is 10.0. The first-order chi connectivity index (χ1) is 15.8. The maximum Gasteiger partial charge on any atom is 0.263 e. The van der Waals surface area contributed by atoms with E-state index in [0.29, 0.717) is 22.9 Å². The molecular weight excluding hydrogens is 412 g/mol. The zero-order valence-corrected chi connectivity index (χ0v) is 19.8. The van der Waals surface area contributed by atoms with Crippen molar-refractivity contribution < 1.29 is 4.79 Å². The maximum absolute atomic E-state index is 13.3. The number of benzene rings is 1. The smallest absolute Gasteiger partial charge is 0.263 e. The number of carbonyl (C=O) groups excluding carboxylic acids is 1. The number of allylic oxidation sites excluding steroid dienone is 4. The summed E-state index contributed by atoms with van der Waals surface area (Å²) in [5, 5.41) is 0. The lowest BCUT2D eigenvalue weighted by Crippen LogP contribution is -2.30. The quantitative estimate of drug-likeness (QED) is 0.555. The number of fused-ring (bicyclic) bond motifs is 1. The molecule has 1 amide bonds. The Morgan fingerprint density at radius 2 is 1.97 bits per heavy atom. The van der Waals surface area contributed by atoms with Gasteiger partial charge in [-0.3, -0.25) is 9.69 Å². The maximum atomic E-state index is 13.3. The van der Waals surface area contributed by atoms with Crippen molar-refractivity contribution in [2.75, 3.05) is 5.73 Å². The van der Waals surface area contributed by atoms with Gasteiger partial charge < -0.3 is 10.7 Å². The van der Waals surface area contributed by atoms with Crippen molar-refractivity contribution in [1.82, 2.24) is 24.8 Å². The minimum Gasteiger partial charge on any atom is -0.382 e. The highest BCUT2D eigenvalue weighted by Gasteiger charge is 2.24. The van der Waals surface area contributed by atoms with Crippen LogP contribution in [0.5, 0.6) is 0 Å².